The van der Waals surface area contributed by atoms with Crippen molar-refractivity contribution < 1.29 is 4.21 Å². The molecule has 1 rings (SSSR count). The summed E-state index contributed by atoms with van der Waals surface area (Å²) in [5.74, 6) is 0.665. The lowest BCUT2D eigenvalue weighted by molar-refractivity contribution is 0.675. The highest BCUT2D eigenvalue weighted by Gasteiger charge is 2.02. The third-order valence-corrected chi connectivity index (χ3v) is 1.26. The van der Waals surface area contributed by atoms with Gasteiger partial charge in [-0.25, -0.2) is 4.21 Å². The second-order valence-corrected chi connectivity index (χ2v) is 2.04. The van der Waals surface area contributed by atoms with Crippen molar-refractivity contribution in [2.75, 3.05) is 0 Å². The molecule has 0 aromatic heterocycles. The van der Waals surface area contributed by atoms with Gasteiger partial charge in [0.25, 0.3) is 0 Å². The highest BCUT2D eigenvalue weighted by atomic mass is 32.2. The van der Waals surface area contributed by atoms with Crippen LogP contribution in [0.5, 0.6) is 0 Å². The Hall–Kier alpha value is -0.420. The Morgan fingerprint density at radius 3 is 2.22 bits per heavy atom. The van der Waals surface area contributed by atoms with E-state index in [1.807, 2.05) is 13.8 Å². The van der Waals surface area contributed by atoms with Crippen LogP contribution in [-0.4, -0.2) is 10.0 Å². The number of rotatable bonds is 0. The summed E-state index contributed by atoms with van der Waals surface area (Å²) in [7, 11) is 0. The summed E-state index contributed by atoms with van der Waals surface area (Å²) in [5, 5.41) is 0. The first-order chi connectivity index (χ1) is 4.29. The molecule has 0 aromatic carbocycles. The van der Waals surface area contributed by atoms with E-state index in [0.29, 0.717) is 5.84 Å². The third kappa shape index (κ3) is 3.21. The van der Waals surface area contributed by atoms with Crippen LogP contribution in [0.3, 0.4) is 0 Å². The van der Waals surface area contributed by atoms with Gasteiger partial charge in [0.2, 0.25) is 11.2 Å². The van der Waals surface area contributed by atoms with Crippen molar-refractivity contribution in [1.29, 1.82) is 0 Å². The van der Waals surface area contributed by atoms with Gasteiger partial charge in [-0.3, -0.25) is 5.43 Å². The lowest BCUT2D eigenvalue weighted by Crippen LogP contribution is -2.27. The fourth-order valence-electron chi connectivity index (χ4n) is 0.288. The Kier molecular flexibility index (Phi) is 4.25. The minimum atomic E-state index is -1.23. The Labute approximate surface area is 57.4 Å². The van der Waals surface area contributed by atoms with Crippen LogP contribution < -0.4 is 10.3 Å². The topological polar surface area (TPSA) is 53.5 Å². The molecule has 0 bridgehead atoms. The maximum absolute atomic E-state index is 10.2. The maximum Gasteiger partial charge on any atom is 0.236 e. The van der Waals surface area contributed by atoms with E-state index in [1.165, 1.54) is 0 Å². The molecule has 0 spiro atoms. The average Bonchev–Trinajstić information content (AvgIpc) is 2.20. The van der Waals surface area contributed by atoms with Crippen molar-refractivity contribution in [3.63, 3.8) is 0 Å². The van der Waals surface area contributed by atoms with E-state index < -0.39 is 11.2 Å². The predicted molar refractivity (Wildman–Crippen MR) is 38.9 cm³/mol. The largest absolute Gasteiger partial charge is 0.296 e. The Morgan fingerprint density at radius 2 is 2.11 bits per heavy atom. The SMILES string of the molecule is CC.CC1=NS(=O)NN1. The van der Waals surface area contributed by atoms with Crippen LogP contribution in [-0.2, 0) is 11.2 Å². The summed E-state index contributed by atoms with van der Waals surface area (Å²) in [4.78, 5) is 2.39. The van der Waals surface area contributed by atoms with Crippen LogP contribution >= 0.6 is 0 Å². The quantitative estimate of drug-likeness (QED) is 0.514. The molecule has 0 fully saturated rings. The molecule has 4 nitrogen and oxygen atoms in total. The van der Waals surface area contributed by atoms with Gasteiger partial charge in [0.15, 0.2) is 0 Å². The van der Waals surface area contributed by atoms with Crippen molar-refractivity contribution in [3.8, 4) is 0 Å². The normalized spacial score (nSPS) is 23.4. The molecule has 0 aliphatic carbocycles. The molecule has 2 N–H and O–H groups in total. The van der Waals surface area contributed by atoms with Gasteiger partial charge in [-0.15, -0.1) is 4.83 Å². The molecule has 1 heterocycles. The van der Waals surface area contributed by atoms with Crippen molar-refractivity contribution in [3.05, 3.63) is 0 Å². The van der Waals surface area contributed by atoms with Crippen LogP contribution in [0, 0.1) is 0 Å². The molecule has 0 saturated carbocycles. The molecule has 0 radical (unpaired) electrons. The minimum Gasteiger partial charge on any atom is -0.296 e. The van der Waals surface area contributed by atoms with Gasteiger partial charge < -0.3 is 0 Å². The van der Waals surface area contributed by atoms with Gasteiger partial charge in [0, 0.05) is 0 Å². The van der Waals surface area contributed by atoms with Gasteiger partial charge in [-0.2, -0.15) is 4.40 Å². The number of amidine groups is 1. The predicted octanol–water partition coefficient (Wildman–Crippen LogP) is 0.118. The van der Waals surface area contributed by atoms with E-state index in [0.717, 1.165) is 0 Å². The van der Waals surface area contributed by atoms with E-state index in [2.05, 4.69) is 14.7 Å². The number of hydrogen-bond acceptors (Lipinski definition) is 2. The average molecular weight is 149 g/mol. The molecular formula is C4H11N3OS. The van der Waals surface area contributed by atoms with Crippen molar-refractivity contribution in [1.82, 2.24) is 10.3 Å². The zero-order chi connectivity index (χ0) is 7.28. The number of nitrogens with one attached hydrogen (secondary N) is 2. The first kappa shape index (κ1) is 8.58. The van der Waals surface area contributed by atoms with Crippen LogP contribution in [0.15, 0.2) is 4.40 Å². The zero-order valence-corrected chi connectivity index (χ0v) is 6.58. The monoisotopic (exact) mass is 149 g/mol. The highest BCUT2D eigenvalue weighted by molar-refractivity contribution is 7.82. The molecule has 0 aromatic rings. The molecule has 9 heavy (non-hydrogen) atoms. The van der Waals surface area contributed by atoms with E-state index in [4.69, 9.17) is 0 Å². The van der Waals surface area contributed by atoms with Gasteiger partial charge in [0.1, 0.15) is 5.84 Å². The van der Waals surface area contributed by atoms with E-state index >= 15 is 0 Å². The minimum absolute atomic E-state index is 0.665. The van der Waals surface area contributed by atoms with Crippen molar-refractivity contribution in [2.45, 2.75) is 20.8 Å². The first-order valence-electron chi connectivity index (χ1n) is 2.78. The summed E-state index contributed by atoms with van der Waals surface area (Å²) in [6.45, 7) is 5.73. The maximum atomic E-state index is 10.2. The highest BCUT2D eigenvalue weighted by Crippen LogP contribution is 1.83. The summed E-state index contributed by atoms with van der Waals surface area (Å²) in [6.07, 6.45) is 0. The fraction of sp³-hybridized carbons (Fsp3) is 0.750. The Bertz CT molecular complexity index is 134. The summed E-state index contributed by atoms with van der Waals surface area (Å²) >= 11 is -1.23. The second kappa shape index (κ2) is 4.46. The lowest BCUT2D eigenvalue weighted by Gasteiger charge is -1.85. The molecule has 5 heteroatoms. The Morgan fingerprint density at radius 1 is 1.56 bits per heavy atom. The second-order valence-electron chi connectivity index (χ2n) is 1.15. The lowest BCUT2D eigenvalue weighted by atomic mass is 10.7. The first-order valence-corrected chi connectivity index (χ1v) is 3.88. The molecule has 1 aliphatic heterocycles. The molecule has 1 unspecified atom stereocenters. The number of hydrazine groups is 1. The number of nitrogens with zero attached hydrogens (tertiary/aromatic N) is 1. The van der Waals surface area contributed by atoms with E-state index in [-0.39, 0.29) is 0 Å². The van der Waals surface area contributed by atoms with E-state index in [1.54, 1.807) is 6.92 Å². The van der Waals surface area contributed by atoms with Crippen LogP contribution in [0.1, 0.15) is 20.8 Å². The van der Waals surface area contributed by atoms with Crippen molar-refractivity contribution >= 4 is 17.0 Å². The van der Waals surface area contributed by atoms with Gasteiger partial charge in [-0.05, 0) is 6.92 Å². The molecule has 54 valence electrons. The number of hydrogen-bond donors (Lipinski definition) is 2. The fourth-order valence-corrected chi connectivity index (χ4v) is 0.863. The standard InChI is InChI=1S/C2H5N3OS.C2H6/c1-2-3-5-7(6)4-2;1-2/h5H,1H3,(H,3,4);1-2H3. The van der Waals surface area contributed by atoms with Gasteiger partial charge in [0.05, 0.1) is 0 Å². The van der Waals surface area contributed by atoms with Gasteiger partial charge >= 0.3 is 0 Å². The van der Waals surface area contributed by atoms with Crippen LogP contribution in [0.2, 0.25) is 0 Å². The molecule has 0 saturated heterocycles. The van der Waals surface area contributed by atoms with E-state index in [9.17, 15) is 4.21 Å². The summed E-state index contributed by atoms with van der Waals surface area (Å²) in [6, 6.07) is 0. The summed E-state index contributed by atoms with van der Waals surface area (Å²) < 4.78 is 13.8. The molecule has 1 atom stereocenters. The smallest absolute Gasteiger partial charge is 0.236 e. The Balaban J connectivity index is 0.000000291. The molecule has 1 aliphatic rings. The zero-order valence-electron chi connectivity index (χ0n) is 5.76. The van der Waals surface area contributed by atoms with Crippen LogP contribution in [0.25, 0.3) is 0 Å². The summed E-state index contributed by atoms with van der Waals surface area (Å²) in [5.41, 5.74) is 2.57. The van der Waals surface area contributed by atoms with Crippen molar-refractivity contribution in [2.24, 2.45) is 4.40 Å². The van der Waals surface area contributed by atoms with Gasteiger partial charge in [-0.1, -0.05) is 13.8 Å². The van der Waals surface area contributed by atoms with Crippen LogP contribution in [0.4, 0.5) is 0 Å². The molecule has 0 amide bonds. The third-order valence-electron chi connectivity index (χ3n) is 0.539. The molecular weight excluding hydrogens is 138 g/mol.